The topological polar surface area (TPSA) is 44.1 Å². The van der Waals surface area contributed by atoms with Gasteiger partial charge in [0.1, 0.15) is 5.82 Å². The first-order valence-electron chi connectivity index (χ1n) is 9.27. The number of aromatic nitrogens is 2. The van der Waals surface area contributed by atoms with Crippen molar-refractivity contribution in [3.63, 3.8) is 0 Å². The number of hydrogen-bond acceptors (Lipinski definition) is 3. The Bertz CT molecular complexity index is 923. The Morgan fingerprint density at radius 2 is 1.81 bits per heavy atom. The first kappa shape index (κ1) is 18.2. The summed E-state index contributed by atoms with van der Waals surface area (Å²) in [7, 11) is 0. The van der Waals surface area contributed by atoms with E-state index in [9.17, 15) is 4.79 Å². The normalized spacial score (nSPS) is 11.1. The molecule has 0 bridgehead atoms. The lowest BCUT2D eigenvalue weighted by molar-refractivity contribution is -0.143. The van der Waals surface area contributed by atoms with E-state index in [4.69, 9.17) is 9.72 Å². The molecule has 0 N–H and O–H groups in total. The van der Waals surface area contributed by atoms with Gasteiger partial charge >= 0.3 is 5.97 Å². The lowest BCUT2D eigenvalue weighted by Crippen LogP contribution is -2.06. The van der Waals surface area contributed by atoms with Crippen molar-refractivity contribution in [2.45, 2.75) is 47.0 Å². The van der Waals surface area contributed by atoms with Crippen LogP contribution in [0.3, 0.4) is 0 Å². The number of imidazole rings is 1. The fourth-order valence-electron chi connectivity index (χ4n) is 3.15. The van der Waals surface area contributed by atoms with Gasteiger partial charge < -0.3 is 4.74 Å². The van der Waals surface area contributed by atoms with Crippen LogP contribution < -0.4 is 0 Å². The number of aryl methyl sites for hydroxylation is 3. The predicted molar refractivity (Wildman–Crippen MR) is 105 cm³/mol. The van der Waals surface area contributed by atoms with Crippen LogP contribution in [-0.4, -0.2) is 22.1 Å². The van der Waals surface area contributed by atoms with Gasteiger partial charge in [0.15, 0.2) is 0 Å². The van der Waals surface area contributed by atoms with Crippen molar-refractivity contribution >= 4 is 17.0 Å². The highest BCUT2D eigenvalue weighted by Crippen LogP contribution is 2.26. The minimum atomic E-state index is -0.148. The van der Waals surface area contributed by atoms with Gasteiger partial charge in [0.05, 0.1) is 17.6 Å². The summed E-state index contributed by atoms with van der Waals surface area (Å²) in [5.41, 5.74) is 7.01. The summed E-state index contributed by atoms with van der Waals surface area (Å²) < 4.78 is 7.40. The fraction of sp³-hybridized carbons (Fsp3) is 0.364. The highest BCUT2D eigenvalue weighted by Gasteiger charge is 2.13. The third-order valence-corrected chi connectivity index (χ3v) is 4.87. The molecule has 136 valence electrons. The monoisotopic (exact) mass is 350 g/mol. The average Bonchev–Trinajstić information content (AvgIpc) is 3.04. The van der Waals surface area contributed by atoms with Crippen LogP contribution in [0.2, 0.25) is 0 Å². The van der Waals surface area contributed by atoms with E-state index in [2.05, 4.69) is 61.7 Å². The van der Waals surface area contributed by atoms with E-state index < -0.39 is 0 Å². The summed E-state index contributed by atoms with van der Waals surface area (Å²) in [4.78, 5) is 16.1. The van der Waals surface area contributed by atoms with E-state index >= 15 is 0 Å². The second kappa shape index (κ2) is 7.73. The maximum Gasteiger partial charge on any atom is 0.305 e. The van der Waals surface area contributed by atoms with Crippen molar-refractivity contribution in [2.24, 2.45) is 0 Å². The number of benzene rings is 2. The molecule has 26 heavy (non-hydrogen) atoms. The third-order valence-electron chi connectivity index (χ3n) is 4.87. The highest BCUT2D eigenvalue weighted by molar-refractivity contribution is 5.82. The molecule has 0 aliphatic carbocycles. The molecule has 4 heteroatoms. The molecule has 3 aromatic rings. The SMILES string of the molecule is CCC(=O)OCCc1ccc(-n2c(CC)nc3c(C)c(C)ccc32)cc1. The molecule has 0 saturated heterocycles. The first-order chi connectivity index (χ1) is 12.5. The van der Waals surface area contributed by atoms with E-state index in [1.807, 2.05) is 0 Å². The van der Waals surface area contributed by atoms with E-state index in [0.29, 0.717) is 13.0 Å². The number of fused-ring (bicyclic) bond motifs is 1. The van der Waals surface area contributed by atoms with Gasteiger partial charge in [-0.15, -0.1) is 0 Å². The fourth-order valence-corrected chi connectivity index (χ4v) is 3.15. The van der Waals surface area contributed by atoms with Crippen molar-refractivity contribution < 1.29 is 9.53 Å². The van der Waals surface area contributed by atoms with Crippen LogP contribution in [0.5, 0.6) is 0 Å². The molecule has 0 saturated carbocycles. The number of carbonyl (C=O) groups is 1. The van der Waals surface area contributed by atoms with E-state index in [0.717, 1.165) is 41.0 Å². The minimum Gasteiger partial charge on any atom is -0.465 e. The molecule has 0 radical (unpaired) electrons. The molecular formula is C22H26N2O2. The molecule has 1 heterocycles. The Morgan fingerprint density at radius 3 is 2.46 bits per heavy atom. The number of hydrogen-bond donors (Lipinski definition) is 0. The van der Waals surface area contributed by atoms with Crippen LogP contribution in [0.15, 0.2) is 36.4 Å². The second-order valence-corrected chi connectivity index (χ2v) is 6.58. The first-order valence-corrected chi connectivity index (χ1v) is 9.27. The van der Waals surface area contributed by atoms with Crippen molar-refractivity contribution in [1.82, 2.24) is 9.55 Å². The number of ether oxygens (including phenoxy) is 1. The van der Waals surface area contributed by atoms with Crippen molar-refractivity contribution in [3.8, 4) is 5.69 Å². The molecule has 0 aliphatic rings. The van der Waals surface area contributed by atoms with Crippen LogP contribution >= 0.6 is 0 Å². The van der Waals surface area contributed by atoms with Crippen LogP contribution in [0.1, 0.15) is 42.8 Å². The van der Waals surface area contributed by atoms with Gasteiger partial charge in [-0.2, -0.15) is 0 Å². The Balaban J connectivity index is 1.89. The largest absolute Gasteiger partial charge is 0.465 e. The molecule has 3 rings (SSSR count). The average molecular weight is 350 g/mol. The maximum atomic E-state index is 11.2. The zero-order valence-corrected chi connectivity index (χ0v) is 16.0. The molecule has 0 aliphatic heterocycles. The smallest absolute Gasteiger partial charge is 0.305 e. The molecular weight excluding hydrogens is 324 g/mol. The van der Waals surface area contributed by atoms with Crippen LogP contribution in [0, 0.1) is 13.8 Å². The number of esters is 1. The molecule has 0 amide bonds. The highest BCUT2D eigenvalue weighted by atomic mass is 16.5. The van der Waals surface area contributed by atoms with E-state index in [1.165, 1.54) is 11.1 Å². The molecule has 0 atom stereocenters. The molecule has 0 spiro atoms. The second-order valence-electron chi connectivity index (χ2n) is 6.58. The predicted octanol–water partition coefficient (Wildman–Crippen LogP) is 4.70. The standard InChI is InChI=1S/C22H26N2O2/c1-5-20-23-22-16(4)15(3)7-12-19(22)24(20)18-10-8-17(9-11-18)13-14-26-21(25)6-2/h7-12H,5-6,13-14H2,1-4H3. The zero-order chi connectivity index (χ0) is 18.7. The zero-order valence-electron chi connectivity index (χ0n) is 16.0. The summed E-state index contributed by atoms with van der Waals surface area (Å²) in [5, 5.41) is 0. The van der Waals surface area contributed by atoms with Crippen molar-refractivity contribution in [2.75, 3.05) is 6.61 Å². The minimum absolute atomic E-state index is 0.148. The van der Waals surface area contributed by atoms with Crippen molar-refractivity contribution in [3.05, 3.63) is 58.9 Å². The maximum absolute atomic E-state index is 11.2. The number of rotatable bonds is 6. The quantitative estimate of drug-likeness (QED) is 0.605. The molecule has 0 fully saturated rings. The summed E-state index contributed by atoms with van der Waals surface area (Å²) in [6.07, 6.45) is 2.03. The van der Waals surface area contributed by atoms with Gasteiger partial charge in [0, 0.05) is 24.9 Å². The van der Waals surface area contributed by atoms with Crippen LogP contribution in [0.25, 0.3) is 16.7 Å². The molecule has 0 unspecified atom stereocenters. The summed E-state index contributed by atoms with van der Waals surface area (Å²) in [6, 6.07) is 12.7. The van der Waals surface area contributed by atoms with Gasteiger partial charge in [0.25, 0.3) is 0 Å². The van der Waals surface area contributed by atoms with Crippen molar-refractivity contribution in [1.29, 1.82) is 0 Å². The van der Waals surface area contributed by atoms with Gasteiger partial charge in [-0.1, -0.05) is 32.0 Å². The Kier molecular flexibility index (Phi) is 5.40. The lowest BCUT2D eigenvalue weighted by atomic mass is 10.1. The number of carbonyl (C=O) groups excluding carboxylic acids is 1. The Labute approximate surface area is 154 Å². The molecule has 4 nitrogen and oxygen atoms in total. The van der Waals surface area contributed by atoms with Crippen LogP contribution in [0.4, 0.5) is 0 Å². The van der Waals surface area contributed by atoms with E-state index in [-0.39, 0.29) is 5.97 Å². The van der Waals surface area contributed by atoms with Gasteiger partial charge in [-0.3, -0.25) is 9.36 Å². The van der Waals surface area contributed by atoms with Gasteiger partial charge in [-0.05, 0) is 48.7 Å². The molecule has 2 aromatic carbocycles. The Hall–Kier alpha value is -2.62. The number of nitrogens with zero attached hydrogens (tertiary/aromatic N) is 2. The van der Waals surface area contributed by atoms with Gasteiger partial charge in [0.2, 0.25) is 0 Å². The molecule has 1 aromatic heterocycles. The summed E-state index contributed by atoms with van der Waals surface area (Å²) >= 11 is 0. The summed E-state index contributed by atoms with van der Waals surface area (Å²) in [6.45, 7) is 8.63. The lowest BCUT2D eigenvalue weighted by Gasteiger charge is -2.10. The van der Waals surface area contributed by atoms with Gasteiger partial charge in [-0.25, -0.2) is 4.98 Å². The Morgan fingerprint density at radius 1 is 1.08 bits per heavy atom. The summed E-state index contributed by atoms with van der Waals surface area (Å²) in [5.74, 6) is 0.920. The van der Waals surface area contributed by atoms with E-state index in [1.54, 1.807) is 6.92 Å². The van der Waals surface area contributed by atoms with Crippen LogP contribution in [-0.2, 0) is 22.4 Å². The third kappa shape index (κ3) is 3.50.